The number of hydrogen-bond acceptors (Lipinski definition) is 3. The highest BCUT2D eigenvalue weighted by molar-refractivity contribution is 6.30. The molecule has 1 aromatic heterocycles. The zero-order valence-electron chi connectivity index (χ0n) is 9.18. The quantitative estimate of drug-likeness (QED) is 0.879. The number of H-pyrrole nitrogens is 1. The Labute approximate surface area is 107 Å². The number of nitriles is 1. The van der Waals surface area contributed by atoms with E-state index in [0.29, 0.717) is 5.56 Å². The van der Waals surface area contributed by atoms with Crippen LogP contribution in [0.15, 0.2) is 40.1 Å². The first-order valence-corrected chi connectivity index (χ1v) is 5.46. The lowest BCUT2D eigenvalue weighted by Gasteiger charge is -2.05. The van der Waals surface area contributed by atoms with Crippen LogP contribution >= 0.6 is 11.6 Å². The van der Waals surface area contributed by atoms with Crippen molar-refractivity contribution in [1.29, 1.82) is 5.26 Å². The van der Waals surface area contributed by atoms with Gasteiger partial charge in [-0.15, -0.1) is 0 Å². The standard InChI is InChI=1S/C12H8ClN3O2/c13-10-7-16(12(18)15-11(10)17)6-9-3-1-8(5-14)2-4-9/h1-4,7H,6H2,(H,15,17,18). The smallest absolute Gasteiger partial charge is 0.295 e. The van der Waals surface area contributed by atoms with Gasteiger partial charge < -0.3 is 0 Å². The molecule has 1 heterocycles. The summed E-state index contributed by atoms with van der Waals surface area (Å²) in [6, 6.07) is 8.81. The Hall–Kier alpha value is -2.32. The summed E-state index contributed by atoms with van der Waals surface area (Å²) >= 11 is 5.65. The molecule has 0 fully saturated rings. The van der Waals surface area contributed by atoms with Crippen LogP contribution in [0.2, 0.25) is 5.02 Å². The average molecular weight is 262 g/mol. The summed E-state index contributed by atoms with van der Waals surface area (Å²) in [4.78, 5) is 24.7. The fourth-order valence-corrected chi connectivity index (χ4v) is 1.65. The molecule has 18 heavy (non-hydrogen) atoms. The second-order valence-electron chi connectivity index (χ2n) is 3.67. The summed E-state index contributed by atoms with van der Waals surface area (Å²) in [5.41, 5.74) is 0.260. The maximum Gasteiger partial charge on any atom is 0.328 e. The third-order valence-electron chi connectivity index (χ3n) is 2.40. The van der Waals surface area contributed by atoms with Crippen LogP contribution in [0.3, 0.4) is 0 Å². The predicted octanol–water partition coefficient (Wildman–Crippen LogP) is 1.11. The number of benzene rings is 1. The fourth-order valence-electron chi connectivity index (χ4n) is 1.48. The van der Waals surface area contributed by atoms with E-state index in [1.807, 2.05) is 6.07 Å². The summed E-state index contributed by atoms with van der Waals surface area (Å²) in [5, 5.41) is 8.63. The van der Waals surface area contributed by atoms with Crippen LogP contribution in [0.1, 0.15) is 11.1 Å². The summed E-state index contributed by atoms with van der Waals surface area (Å²) in [6.45, 7) is 0.279. The molecule has 0 saturated heterocycles. The van der Waals surface area contributed by atoms with E-state index in [2.05, 4.69) is 4.98 Å². The number of nitrogens with one attached hydrogen (secondary N) is 1. The number of hydrogen-bond donors (Lipinski definition) is 1. The molecule has 0 atom stereocenters. The molecule has 1 aromatic carbocycles. The molecular formula is C12H8ClN3O2. The van der Waals surface area contributed by atoms with Crippen molar-refractivity contribution in [3.8, 4) is 6.07 Å². The van der Waals surface area contributed by atoms with Crippen molar-refractivity contribution in [2.75, 3.05) is 0 Å². The summed E-state index contributed by atoms with van der Waals surface area (Å²) in [6.07, 6.45) is 1.29. The van der Waals surface area contributed by atoms with Gasteiger partial charge in [0.2, 0.25) is 0 Å². The molecule has 90 valence electrons. The lowest BCUT2D eigenvalue weighted by molar-refractivity contribution is 0.721. The van der Waals surface area contributed by atoms with E-state index in [9.17, 15) is 9.59 Å². The molecule has 6 heteroatoms. The second-order valence-corrected chi connectivity index (χ2v) is 4.08. The Kier molecular flexibility index (Phi) is 3.31. The van der Waals surface area contributed by atoms with E-state index in [0.717, 1.165) is 5.56 Å². The fraction of sp³-hybridized carbons (Fsp3) is 0.0833. The van der Waals surface area contributed by atoms with Gasteiger partial charge in [-0.1, -0.05) is 23.7 Å². The zero-order chi connectivity index (χ0) is 13.1. The van der Waals surface area contributed by atoms with Gasteiger partial charge in [0.15, 0.2) is 0 Å². The first kappa shape index (κ1) is 12.1. The average Bonchev–Trinajstić information content (AvgIpc) is 2.37. The molecule has 0 radical (unpaired) electrons. The number of halogens is 1. The summed E-state index contributed by atoms with van der Waals surface area (Å²) in [5.74, 6) is 0. The number of rotatable bonds is 2. The molecule has 0 bridgehead atoms. The lowest BCUT2D eigenvalue weighted by Crippen LogP contribution is -2.29. The van der Waals surface area contributed by atoms with Crippen molar-refractivity contribution in [1.82, 2.24) is 9.55 Å². The Morgan fingerprint density at radius 1 is 1.28 bits per heavy atom. The van der Waals surface area contributed by atoms with Crippen LogP contribution in [0.25, 0.3) is 0 Å². The van der Waals surface area contributed by atoms with Crippen molar-refractivity contribution >= 4 is 11.6 Å². The highest BCUT2D eigenvalue weighted by Crippen LogP contribution is 2.05. The molecule has 0 aliphatic rings. The number of aromatic nitrogens is 2. The van der Waals surface area contributed by atoms with Gasteiger partial charge in [0.25, 0.3) is 5.56 Å². The van der Waals surface area contributed by atoms with E-state index in [1.165, 1.54) is 10.8 Å². The lowest BCUT2D eigenvalue weighted by atomic mass is 10.1. The molecule has 0 unspecified atom stereocenters. The minimum atomic E-state index is -0.599. The highest BCUT2D eigenvalue weighted by Gasteiger charge is 2.03. The van der Waals surface area contributed by atoms with Crippen LogP contribution in [-0.2, 0) is 6.54 Å². The predicted molar refractivity (Wildman–Crippen MR) is 66.6 cm³/mol. The Morgan fingerprint density at radius 2 is 1.94 bits per heavy atom. The van der Waals surface area contributed by atoms with E-state index < -0.39 is 11.2 Å². The summed E-state index contributed by atoms with van der Waals surface area (Å²) in [7, 11) is 0. The number of nitrogens with zero attached hydrogens (tertiary/aromatic N) is 2. The number of aromatic amines is 1. The highest BCUT2D eigenvalue weighted by atomic mass is 35.5. The van der Waals surface area contributed by atoms with Crippen molar-refractivity contribution in [3.05, 3.63) is 67.4 Å². The molecule has 5 nitrogen and oxygen atoms in total. The van der Waals surface area contributed by atoms with Gasteiger partial charge in [-0.25, -0.2) is 4.79 Å². The van der Waals surface area contributed by atoms with Crippen LogP contribution in [0.5, 0.6) is 0 Å². The van der Waals surface area contributed by atoms with Gasteiger partial charge in [-0.2, -0.15) is 5.26 Å². The third kappa shape index (κ3) is 2.50. The Bertz CT molecular complexity index is 723. The van der Waals surface area contributed by atoms with E-state index in [4.69, 9.17) is 16.9 Å². The first-order chi connectivity index (χ1) is 8.60. The maximum atomic E-state index is 11.5. The molecule has 0 aliphatic carbocycles. The van der Waals surface area contributed by atoms with Crippen molar-refractivity contribution in [2.45, 2.75) is 6.54 Å². The normalized spacial score (nSPS) is 10.0. The third-order valence-corrected chi connectivity index (χ3v) is 2.67. The second kappa shape index (κ2) is 4.90. The SMILES string of the molecule is N#Cc1ccc(Cn2cc(Cl)c(=O)[nH]c2=O)cc1. The van der Waals surface area contributed by atoms with Gasteiger partial charge in [-0.3, -0.25) is 14.3 Å². The first-order valence-electron chi connectivity index (χ1n) is 5.08. The molecule has 2 rings (SSSR count). The van der Waals surface area contributed by atoms with Crippen LogP contribution in [0, 0.1) is 11.3 Å². The van der Waals surface area contributed by atoms with Gasteiger partial charge in [-0.05, 0) is 17.7 Å². The van der Waals surface area contributed by atoms with E-state index >= 15 is 0 Å². The summed E-state index contributed by atoms with van der Waals surface area (Å²) < 4.78 is 1.30. The Morgan fingerprint density at radius 3 is 2.56 bits per heavy atom. The monoisotopic (exact) mass is 261 g/mol. The van der Waals surface area contributed by atoms with Crippen molar-refractivity contribution < 1.29 is 0 Å². The Balaban J connectivity index is 2.34. The van der Waals surface area contributed by atoms with E-state index in [1.54, 1.807) is 24.3 Å². The zero-order valence-corrected chi connectivity index (χ0v) is 9.94. The van der Waals surface area contributed by atoms with Gasteiger partial charge in [0.1, 0.15) is 5.02 Å². The molecular weight excluding hydrogens is 254 g/mol. The van der Waals surface area contributed by atoms with Crippen molar-refractivity contribution in [2.24, 2.45) is 0 Å². The minimum absolute atomic E-state index is 0.0387. The van der Waals surface area contributed by atoms with Crippen LogP contribution < -0.4 is 11.2 Å². The van der Waals surface area contributed by atoms with Crippen LogP contribution in [-0.4, -0.2) is 9.55 Å². The molecule has 0 amide bonds. The van der Waals surface area contributed by atoms with Crippen molar-refractivity contribution in [3.63, 3.8) is 0 Å². The van der Waals surface area contributed by atoms with Gasteiger partial charge in [0, 0.05) is 6.20 Å². The molecule has 0 saturated carbocycles. The molecule has 1 N–H and O–H groups in total. The van der Waals surface area contributed by atoms with Crippen LogP contribution in [0.4, 0.5) is 0 Å². The molecule has 0 aliphatic heterocycles. The van der Waals surface area contributed by atoms with E-state index in [-0.39, 0.29) is 11.6 Å². The topological polar surface area (TPSA) is 78.7 Å². The van der Waals surface area contributed by atoms with Gasteiger partial charge in [0.05, 0.1) is 18.2 Å². The van der Waals surface area contributed by atoms with Gasteiger partial charge >= 0.3 is 5.69 Å². The molecule has 2 aromatic rings. The molecule has 0 spiro atoms. The maximum absolute atomic E-state index is 11.5. The largest absolute Gasteiger partial charge is 0.328 e. The minimum Gasteiger partial charge on any atom is -0.295 e.